The van der Waals surface area contributed by atoms with E-state index < -0.39 is 12.2 Å². The lowest BCUT2D eigenvalue weighted by Crippen LogP contribution is -2.20. The molecule has 4 heteroatoms. The van der Waals surface area contributed by atoms with Gasteiger partial charge < -0.3 is 10.2 Å². The molecule has 78 valence electrons. The number of hydrogen-bond donors (Lipinski definition) is 2. The highest BCUT2D eigenvalue weighted by molar-refractivity contribution is 9.09. The summed E-state index contributed by atoms with van der Waals surface area (Å²) in [4.78, 5) is 4.06. The monoisotopic (exact) mass is 259 g/mol. The molecule has 0 spiro atoms. The predicted octanol–water partition coefficient (Wildman–Crippen LogP) is 1.57. The highest BCUT2D eigenvalue weighted by atomic mass is 79.9. The van der Waals surface area contributed by atoms with Gasteiger partial charge in [-0.1, -0.05) is 22.0 Å². The van der Waals surface area contributed by atoms with Crippen molar-refractivity contribution in [1.29, 1.82) is 0 Å². The molecule has 0 bridgehead atoms. The second-order valence-corrected chi connectivity index (χ2v) is 3.99. The van der Waals surface area contributed by atoms with Crippen LogP contribution in [0.4, 0.5) is 0 Å². The molecule has 0 aromatic carbocycles. The third kappa shape index (κ3) is 2.77. The summed E-state index contributed by atoms with van der Waals surface area (Å²) in [6, 6.07) is 3.68. The Hall–Kier alpha value is -0.450. The van der Waals surface area contributed by atoms with Gasteiger partial charge in [-0.2, -0.15) is 0 Å². The lowest BCUT2D eigenvalue weighted by molar-refractivity contribution is 0.0144. The summed E-state index contributed by atoms with van der Waals surface area (Å²) in [5, 5.41) is 20.0. The van der Waals surface area contributed by atoms with Gasteiger partial charge in [-0.05, 0) is 25.0 Å². The molecule has 0 saturated carbocycles. The van der Waals surface area contributed by atoms with Crippen LogP contribution in [-0.2, 0) is 0 Å². The minimum Gasteiger partial charge on any atom is -0.390 e. The molecule has 0 saturated heterocycles. The molecule has 14 heavy (non-hydrogen) atoms. The quantitative estimate of drug-likeness (QED) is 0.808. The molecule has 0 aliphatic rings. The van der Waals surface area contributed by atoms with Gasteiger partial charge in [0.25, 0.3) is 0 Å². The number of aliphatic hydroxyl groups is 2. The van der Waals surface area contributed by atoms with E-state index in [2.05, 4.69) is 20.9 Å². The maximum absolute atomic E-state index is 9.77. The Balaban J connectivity index is 2.78. The molecule has 1 heterocycles. The molecular weight excluding hydrogens is 246 g/mol. The van der Waals surface area contributed by atoms with E-state index in [4.69, 9.17) is 0 Å². The Bertz CT molecular complexity index is 293. The van der Waals surface area contributed by atoms with Crippen LogP contribution in [0.3, 0.4) is 0 Å². The second-order valence-electron chi connectivity index (χ2n) is 3.20. The largest absolute Gasteiger partial charge is 0.390 e. The van der Waals surface area contributed by atoms with Gasteiger partial charge in [0.1, 0.15) is 6.10 Å². The van der Waals surface area contributed by atoms with Gasteiger partial charge in [-0.15, -0.1) is 0 Å². The van der Waals surface area contributed by atoms with Crippen LogP contribution in [0.1, 0.15) is 23.8 Å². The van der Waals surface area contributed by atoms with Crippen LogP contribution in [0, 0.1) is 6.92 Å². The van der Waals surface area contributed by atoms with Crippen molar-refractivity contribution < 1.29 is 10.2 Å². The fourth-order valence-electron chi connectivity index (χ4n) is 1.26. The first-order valence-corrected chi connectivity index (χ1v) is 5.62. The third-order valence-electron chi connectivity index (χ3n) is 2.10. The Morgan fingerprint density at radius 1 is 1.50 bits per heavy atom. The van der Waals surface area contributed by atoms with Gasteiger partial charge in [-0.25, -0.2) is 0 Å². The molecule has 0 radical (unpaired) electrons. The summed E-state index contributed by atoms with van der Waals surface area (Å²) in [6.07, 6.45) is 0.473. The zero-order valence-corrected chi connectivity index (χ0v) is 9.61. The third-order valence-corrected chi connectivity index (χ3v) is 2.56. The number of rotatable bonds is 4. The fourth-order valence-corrected chi connectivity index (χ4v) is 1.73. The molecule has 0 aliphatic heterocycles. The summed E-state index contributed by atoms with van der Waals surface area (Å²) < 4.78 is 0. The molecule has 0 amide bonds. The maximum Gasteiger partial charge on any atom is 0.122 e. The number of aromatic nitrogens is 1. The Morgan fingerprint density at radius 2 is 2.21 bits per heavy atom. The smallest absolute Gasteiger partial charge is 0.122 e. The van der Waals surface area contributed by atoms with Crippen LogP contribution in [-0.4, -0.2) is 26.6 Å². The van der Waals surface area contributed by atoms with Gasteiger partial charge in [0.15, 0.2) is 0 Å². The van der Waals surface area contributed by atoms with E-state index in [9.17, 15) is 10.2 Å². The van der Waals surface area contributed by atoms with Crippen LogP contribution >= 0.6 is 15.9 Å². The van der Waals surface area contributed by atoms with Gasteiger partial charge in [-0.3, -0.25) is 4.98 Å². The van der Waals surface area contributed by atoms with Gasteiger partial charge in [0, 0.05) is 11.5 Å². The van der Waals surface area contributed by atoms with E-state index in [0.29, 0.717) is 17.4 Å². The zero-order valence-electron chi connectivity index (χ0n) is 8.02. The summed E-state index contributed by atoms with van der Waals surface area (Å²) in [5.74, 6) is 0. The van der Waals surface area contributed by atoms with Crippen molar-refractivity contribution in [3.63, 3.8) is 0 Å². The first-order valence-electron chi connectivity index (χ1n) is 4.50. The molecule has 0 aliphatic carbocycles. The molecular formula is C10H14BrNO2. The van der Waals surface area contributed by atoms with Crippen molar-refractivity contribution in [2.75, 3.05) is 5.33 Å². The predicted molar refractivity (Wildman–Crippen MR) is 58.4 cm³/mol. The maximum atomic E-state index is 9.77. The minimum atomic E-state index is -0.895. The van der Waals surface area contributed by atoms with Crippen LogP contribution in [0.2, 0.25) is 0 Å². The molecule has 2 N–H and O–H groups in total. The average Bonchev–Trinajstić information content (AvgIpc) is 2.18. The standard InChI is InChI=1S/C10H14BrNO2/c1-7-3-2-6-12-9(7)10(14)8(13)4-5-11/h2-3,6,8,10,13-14H,4-5H2,1H3. The van der Waals surface area contributed by atoms with E-state index in [-0.39, 0.29) is 0 Å². The van der Waals surface area contributed by atoms with Crippen molar-refractivity contribution >= 4 is 15.9 Å². The molecule has 1 aromatic heterocycles. The van der Waals surface area contributed by atoms with Crippen molar-refractivity contribution in [3.05, 3.63) is 29.6 Å². The molecule has 2 unspecified atom stereocenters. The average molecular weight is 260 g/mol. The number of halogens is 1. The van der Waals surface area contributed by atoms with Crippen molar-refractivity contribution in [2.45, 2.75) is 25.6 Å². The molecule has 3 nitrogen and oxygen atoms in total. The molecule has 0 fully saturated rings. The summed E-state index contributed by atoms with van der Waals surface area (Å²) in [5.41, 5.74) is 1.45. The van der Waals surface area contributed by atoms with Crippen LogP contribution < -0.4 is 0 Å². The second kappa shape index (κ2) is 5.44. The van der Waals surface area contributed by atoms with Gasteiger partial charge in [0.2, 0.25) is 0 Å². The van der Waals surface area contributed by atoms with Gasteiger partial charge in [0.05, 0.1) is 11.8 Å². The van der Waals surface area contributed by atoms with Gasteiger partial charge >= 0.3 is 0 Å². The minimum absolute atomic E-state index is 0.511. The zero-order chi connectivity index (χ0) is 10.6. The molecule has 1 rings (SSSR count). The fraction of sp³-hybridized carbons (Fsp3) is 0.500. The van der Waals surface area contributed by atoms with Crippen molar-refractivity contribution in [2.24, 2.45) is 0 Å². The van der Waals surface area contributed by atoms with Crippen molar-refractivity contribution in [3.8, 4) is 0 Å². The number of hydrogen-bond acceptors (Lipinski definition) is 3. The number of pyridine rings is 1. The highest BCUT2D eigenvalue weighted by Crippen LogP contribution is 2.20. The molecule has 1 aromatic rings. The number of aryl methyl sites for hydroxylation is 1. The Morgan fingerprint density at radius 3 is 2.79 bits per heavy atom. The SMILES string of the molecule is Cc1cccnc1C(O)C(O)CCBr. The first-order chi connectivity index (χ1) is 6.66. The van der Waals surface area contributed by atoms with E-state index >= 15 is 0 Å². The van der Waals surface area contributed by atoms with E-state index in [1.807, 2.05) is 19.1 Å². The number of nitrogens with zero attached hydrogens (tertiary/aromatic N) is 1. The Labute approximate surface area is 91.9 Å². The number of alkyl halides is 1. The summed E-state index contributed by atoms with van der Waals surface area (Å²) in [7, 11) is 0. The van der Waals surface area contributed by atoms with E-state index in [0.717, 1.165) is 5.56 Å². The van der Waals surface area contributed by atoms with Crippen LogP contribution in [0.15, 0.2) is 18.3 Å². The lowest BCUT2D eigenvalue weighted by Gasteiger charge is -2.17. The first kappa shape index (κ1) is 11.6. The topological polar surface area (TPSA) is 53.4 Å². The lowest BCUT2D eigenvalue weighted by atomic mass is 10.0. The highest BCUT2D eigenvalue weighted by Gasteiger charge is 2.20. The summed E-state index contributed by atoms with van der Waals surface area (Å²) in [6.45, 7) is 1.87. The molecule has 2 atom stereocenters. The van der Waals surface area contributed by atoms with E-state index in [1.54, 1.807) is 6.20 Å². The van der Waals surface area contributed by atoms with Crippen molar-refractivity contribution in [1.82, 2.24) is 4.98 Å². The van der Waals surface area contributed by atoms with Crippen LogP contribution in [0.25, 0.3) is 0 Å². The van der Waals surface area contributed by atoms with E-state index in [1.165, 1.54) is 0 Å². The Kier molecular flexibility index (Phi) is 4.51. The number of aliphatic hydroxyl groups excluding tert-OH is 2. The summed E-state index contributed by atoms with van der Waals surface area (Å²) >= 11 is 3.22. The normalized spacial score (nSPS) is 15.1. The van der Waals surface area contributed by atoms with Crippen LogP contribution in [0.5, 0.6) is 0 Å².